The zero-order valence-electron chi connectivity index (χ0n) is 22.8. The van der Waals surface area contributed by atoms with Crippen LogP contribution >= 0.6 is 0 Å². The lowest BCUT2D eigenvalue weighted by molar-refractivity contribution is 0.124. The minimum Gasteiger partial charge on any atom is -0.305 e. The summed E-state index contributed by atoms with van der Waals surface area (Å²) >= 11 is 0. The van der Waals surface area contributed by atoms with E-state index in [0.717, 1.165) is 76.1 Å². The first-order valence-corrected chi connectivity index (χ1v) is 13.7. The molecule has 1 aliphatic heterocycles. The molecule has 1 saturated heterocycles. The summed E-state index contributed by atoms with van der Waals surface area (Å²) in [6, 6.07) is 23.4. The van der Waals surface area contributed by atoms with Crippen LogP contribution in [0, 0.1) is 29.7 Å². The van der Waals surface area contributed by atoms with E-state index in [2.05, 4.69) is 84.8 Å². The van der Waals surface area contributed by atoms with Gasteiger partial charge in [-0.25, -0.2) is 6.57 Å². The molecular formula is C32H44N4. The Kier molecular flexibility index (Phi) is 10.1. The van der Waals surface area contributed by atoms with E-state index in [4.69, 9.17) is 6.57 Å². The lowest BCUT2D eigenvalue weighted by Crippen LogP contribution is -2.47. The average Bonchev–Trinajstić information content (AvgIpc) is 2.91. The molecule has 2 unspecified atom stereocenters. The minimum atomic E-state index is -0.425. The number of benzene rings is 2. The Hall–Kier alpha value is -2.66. The van der Waals surface area contributed by atoms with Crippen LogP contribution in [-0.2, 0) is 11.0 Å². The molecule has 0 amide bonds. The van der Waals surface area contributed by atoms with Crippen molar-refractivity contribution in [3.8, 4) is 6.07 Å². The van der Waals surface area contributed by atoms with Gasteiger partial charge in [0.2, 0.25) is 0 Å². The Morgan fingerprint density at radius 3 is 1.67 bits per heavy atom. The summed E-state index contributed by atoms with van der Waals surface area (Å²) in [6.07, 6.45) is 3.90. The van der Waals surface area contributed by atoms with E-state index in [9.17, 15) is 5.26 Å². The molecule has 0 spiro atoms. The van der Waals surface area contributed by atoms with E-state index in [1.807, 2.05) is 24.3 Å². The topological polar surface area (TPSA) is 34.6 Å². The highest BCUT2D eigenvalue weighted by Gasteiger charge is 2.42. The molecule has 192 valence electrons. The highest BCUT2D eigenvalue weighted by molar-refractivity contribution is 5.33. The Bertz CT molecular complexity index is 912. The predicted molar refractivity (Wildman–Crippen MR) is 149 cm³/mol. The molecular weight excluding hydrogens is 440 g/mol. The SMILES string of the molecule is [C-]#[N+]C(CCCN1CCN(CCCC(C#N)(c2ccccc2)C(C)C)CC1)(c1ccccc1)C(C)C. The van der Waals surface area contributed by atoms with E-state index in [-0.39, 0.29) is 11.8 Å². The van der Waals surface area contributed by atoms with Crippen molar-refractivity contribution in [3.05, 3.63) is 83.2 Å². The van der Waals surface area contributed by atoms with Gasteiger partial charge in [0.25, 0.3) is 5.54 Å². The van der Waals surface area contributed by atoms with Gasteiger partial charge in [0, 0.05) is 44.1 Å². The second-order valence-electron chi connectivity index (χ2n) is 11.1. The van der Waals surface area contributed by atoms with Crippen LogP contribution in [0.5, 0.6) is 0 Å². The Morgan fingerprint density at radius 1 is 0.778 bits per heavy atom. The summed E-state index contributed by atoms with van der Waals surface area (Å²) in [5.74, 6) is 0.572. The maximum absolute atomic E-state index is 10.1. The molecule has 0 N–H and O–H groups in total. The average molecular weight is 485 g/mol. The fraction of sp³-hybridized carbons (Fsp3) is 0.562. The molecule has 0 radical (unpaired) electrons. The normalized spacial score (nSPS) is 18.3. The van der Waals surface area contributed by atoms with Gasteiger partial charge >= 0.3 is 0 Å². The molecule has 0 saturated carbocycles. The van der Waals surface area contributed by atoms with Gasteiger partial charge in [-0.1, -0.05) is 88.4 Å². The van der Waals surface area contributed by atoms with Crippen molar-refractivity contribution in [2.45, 2.75) is 64.3 Å². The number of hydrogen-bond donors (Lipinski definition) is 0. The molecule has 4 nitrogen and oxygen atoms in total. The van der Waals surface area contributed by atoms with Gasteiger partial charge in [-0.15, -0.1) is 0 Å². The van der Waals surface area contributed by atoms with Crippen LogP contribution in [0.4, 0.5) is 0 Å². The standard InChI is InChI=1S/C32H44N4/c1-27(2)31(26-33,29-14-8-6-9-15-29)18-12-20-35-22-24-36(25-23-35)21-13-19-32(34-5,28(3)4)30-16-10-7-11-17-30/h6-11,14-17,27-28H,12-13,18-25H2,1-4H3. The lowest BCUT2D eigenvalue weighted by Gasteiger charge is -2.36. The lowest BCUT2D eigenvalue weighted by atomic mass is 9.70. The zero-order chi connectivity index (χ0) is 26.0. The van der Waals surface area contributed by atoms with Crippen molar-refractivity contribution in [1.82, 2.24) is 9.80 Å². The summed E-state index contributed by atoms with van der Waals surface area (Å²) in [7, 11) is 0. The third-order valence-corrected chi connectivity index (χ3v) is 8.44. The summed E-state index contributed by atoms with van der Waals surface area (Å²) in [6.45, 7) is 23.2. The van der Waals surface area contributed by atoms with Gasteiger partial charge < -0.3 is 14.6 Å². The third-order valence-electron chi connectivity index (χ3n) is 8.44. The molecule has 36 heavy (non-hydrogen) atoms. The predicted octanol–water partition coefficient (Wildman–Crippen LogP) is 6.75. The summed E-state index contributed by atoms with van der Waals surface area (Å²) in [5.41, 5.74) is 1.48. The molecule has 4 heteroatoms. The third kappa shape index (κ3) is 6.36. The monoisotopic (exact) mass is 484 g/mol. The molecule has 0 aliphatic carbocycles. The Labute approximate surface area is 219 Å². The number of piperazine rings is 1. The summed E-state index contributed by atoms with van der Waals surface area (Å²) in [4.78, 5) is 9.30. The van der Waals surface area contributed by atoms with Gasteiger partial charge in [0.05, 0.1) is 11.5 Å². The second-order valence-corrected chi connectivity index (χ2v) is 11.1. The quantitative estimate of drug-likeness (QED) is 0.312. The van der Waals surface area contributed by atoms with Crippen molar-refractivity contribution >= 4 is 0 Å². The molecule has 0 bridgehead atoms. The molecule has 1 fully saturated rings. The number of hydrogen-bond acceptors (Lipinski definition) is 3. The summed E-state index contributed by atoms with van der Waals surface area (Å²) < 4.78 is 0. The number of rotatable bonds is 12. The second kappa shape index (κ2) is 13.0. The highest BCUT2D eigenvalue weighted by Crippen LogP contribution is 2.39. The highest BCUT2D eigenvalue weighted by atomic mass is 15.3. The minimum absolute atomic E-state index is 0.283. The van der Waals surface area contributed by atoms with Gasteiger partial charge in [0.1, 0.15) is 0 Å². The first-order valence-electron chi connectivity index (χ1n) is 13.7. The molecule has 2 aromatic carbocycles. The van der Waals surface area contributed by atoms with Crippen molar-refractivity contribution in [2.24, 2.45) is 11.8 Å². The Morgan fingerprint density at radius 2 is 1.25 bits per heavy atom. The zero-order valence-corrected chi connectivity index (χ0v) is 22.8. The van der Waals surface area contributed by atoms with Crippen LogP contribution in [0.3, 0.4) is 0 Å². The van der Waals surface area contributed by atoms with Gasteiger partial charge in [-0.2, -0.15) is 5.26 Å². The fourth-order valence-electron chi connectivity index (χ4n) is 5.88. The van der Waals surface area contributed by atoms with Crippen LogP contribution in [0.25, 0.3) is 4.85 Å². The largest absolute Gasteiger partial charge is 0.305 e. The van der Waals surface area contributed by atoms with Gasteiger partial charge in [-0.3, -0.25) is 0 Å². The van der Waals surface area contributed by atoms with Crippen LogP contribution in [-0.4, -0.2) is 49.1 Å². The van der Waals surface area contributed by atoms with Crippen molar-refractivity contribution in [2.75, 3.05) is 39.3 Å². The van der Waals surface area contributed by atoms with Gasteiger partial charge in [0.15, 0.2) is 0 Å². The van der Waals surface area contributed by atoms with E-state index in [1.165, 1.54) is 0 Å². The fourth-order valence-corrected chi connectivity index (χ4v) is 5.88. The maximum Gasteiger partial charge on any atom is 0.259 e. The first-order chi connectivity index (χ1) is 17.4. The van der Waals surface area contributed by atoms with Crippen LogP contribution in [0.15, 0.2) is 60.7 Å². The van der Waals surface area contributed by atoms with Crippen LogP contribution < -0.4 is 0 Å². The molecule has 2 aromatic rings. The maximum atomic E-state index is 10.1. The molecule has 3 rings (SSSR count). The smallest absolute Gasteiger partial charge is 0.259 e. The molecule has 2 atom stereocenters. The first kappa shape index (κ1) is 27.9. The van der Waals surface area contributed by atoms with Crippen molar-refractivity contribution in [1.29, 1.82) is 5.26 Å². The number of nitrogens with zero attached hydrogens (tertiary/aromatic N) is 4. The van der Waals surface area contributed by atoms with Crippen molar-refractivity contribution < 1.29 is 0 Å². The van der Waals surface area contributed by atoms with Crippen LogP contribution in [0.2, 0.25) is 0 Å². The summed E-state index contributed by atoms with van der Waals surface area (Å²) in [5, 5.41) is 10.1. The van der Waals surface area contributed by atoms with Crippen molar-refractivity contribution in [3.63, 3.8) is 0 Å². The molecule has 1 heterocycles. The van der Waals surface area contributed by atoms with E-state index >= 15 is 0 Å². The van der Waals surface area contributed by atoms with E-state index in [0.29, 0.717) is 0 Å². The van der Waals surface area contributed by atoms with Gasteiger partial charge in [-0.05, 0) is 43.8 Å². The molecule has 0 aromatic heterocycles. The van der Waals surface area contributed by atoms with E-state index in [1.54, 1.807) is 0 Å². The Balaban J connectivity index is 1.46. The van der Waals surface area contributed by atoms with E-state index < -0.39 is 11.0 Å². The number of nitriles is 1. The van der Waals surface area contributed by atoms with Crippen LogP contribution in [0.1, 0.15) is 64.5 Å². The molecule has 1 aliphatic rings.